The van der Waals surface area contributed by atoms with Gasteiger partial charge >= 0.3 is 6.03 Å². The van der Waals surface area contributed by atoms with Crippen molar-refractivity contribution in [3.8, 4) is 0 Å². The smallest absolute Gasteiger partial charge is 0.315 e. The van der Waals surface area contributed by atoms with Crippen LogP contribution in [-0.4, -0.2) is 35.1 Å². The minimum Gasteiger partial charge on any atom is -0.467 e. The van der Waals surface area contributed by atoms with Crippen LogP contribution in [0.5, 0.6) is 0 Å². The van der Waals surface area contributed by atoms with E-state index in [0.29, 0.717) is 24.7 Å². The van der Waals surface area contributed by atoms with Gasteiger partial charge in [0.15, 0.2) is 5.82 Å². The zero-order valence-electron chi connectivity index (χ0n) is 12.6. The molecule has 1 atom stereocenters. The van der Waals surface area contributed by atoms with Crippen LogP contribution in [0.15, 0.2) is 40.0 Å². The molecule has 0 aliphatic carbocycles. The Morgan fingerprint density at radius 2 is 2.43 bits per heavy atom. The van der Waals surface area contributed by atoms with E-state index in [1.807, 2.05) is 4.90 Å². The van der Waals surface area contributed by atoms with Crippen molar-refractivity contribution in [1.29, 1.82) is 0 Å². The minimum atomic E-state index is -0.247. The van der Waals surface area contributed by atoms with Crippen LogP contribution in [0, 0.1) is 0 Å². The van der Waals surface area contributed by atoms with Crippen molar-refractivity contribution < 1.29 is 9.21 Å². The van der Waals surface area contributed by atoms with E-state index in [1.54, 1.807) is 24.6 Å². The number of carbonyl (C=O) groups is 1. The van der Waals surface area contributed by atoms with Crippen molar-refractivity contribution in [2.75, 3.05) is 18.0 Å². The van der Waals surface area contributed by atoms with Gasteiger partial charge in [0.05, 0.1) is 12.8 Å². The number of carbonyl (C=O) groups excluding carboxylic acids is 1. The molecule has 0 radical (unpaired) electrons. The van der Waals surface area contributed by atoms with Gasteiger partial charge in [-0.2, -0.15) is 0 Å². The molecule has 3 heterocycles. The van der Waals surface area contributed by atoms with Crippen molar-refractivity contribution in [3.63, 3.8) is 0 Å². The Hall–Kier alpha value is -2.77. The average molecular weight is 317 g/mol. The molecule has 8 heteroatoms. The summed E-state index contributed by atoms with van der Waals surface area (Å²) in [6, 6.07) is 3.30. The van der Waals surface area contributed by atoms with Crippen molar-refractivity contribution in [2.45, 2.75) is 25.4 Å². The maximum atomic E-state index is 12.0. The van der Waals surface area contributed by atoms with Crippen LogP contribution in [-0.2, 0) is 6.54 Å². The van der Waals surface area contributed by atoms with Gasteiger partial charge in [-0.3, -0.25) is 4.79 Å². The summed E-state index contributed by atoms with van der Waals surface area (Å²) >= 11 is 0. The van der Waals surface area contributed by atoms with Gasteiger partial charge in [0.25, 0.3) is 5.56 Å². The molecule has 1 aliphatic rings. The molecule has 1 saturated heterocycles. The number of urea groups is 1. The Balaban J connectivity index is 1.53. The highest BCUT2D eigenvalue weighted by Crippen LogP contribution is 2.14. The standard InChI is InChI=1S/C15H19N5O3/c21-14-13(16-5-6-17-14)20-7-1-3-11(10-20)19-15(22)18-9-12-4-2-8-23-12/h2,4-6,8,11H,1,3,7,9-10H2,(H,17,21)(H2,18,19,22)/t11-/m0/s1. The number of nitrogens with one attached hydrogen (secondary N) is 3. The lowest BCUT2D eigenvalue weighted by Gasteiger charge is -2.33. The van der Waals surface area contributed by atoms with Crippen LogP contribution < -0.4 is 21.1 Å². The number of piperidine rings is 1. The molecule has 0 bridgehead atoms. The summed E-state index contributed by atoms with van der Waals surface area (Å²) in [6.07, 6.45) is 6.39. The maximum Gasteiger partial charge on any atom is 0.315 e. The van der Waals surface area contributed by atoms with E-state index in [0.717, 1.165) is 19.4 Å². The van der Waals surface area contributed by atoms with Gasteiger partial charge in [-0.15, -0.1) is 0 Å². The molecule has 0 saturated carbocycles. The SMILES string of the molecule is O=C(NCc1ccco1)N[C@H]1CCCN(c2ncc[nH]c2=O)C1. The van der Waals surface area contributed by atoms with E-state index in [1.165, 1.54) is 6.20 Å². The van der Waals surface area contributed by atoms with Gasteiger partial charge in [0.2, 0.25) is 0 Å². The lowest BCUT2D eigenvalue weighted by Crippen LogP contribution is -2.51. The van der Waals surface area contributed by atoms with Gasteiger partial charge in [-0.1, -0.05) is 0 Å². The number of amides is 2. The highest BCUT2D eigenvalue weighted by molar-refractivity contribution is 5.74. The Labute approximate surface area is 132 Å². The zero-order valence-corrected chi connectivity index (χ0v) is 12.6. The van der Waals surface area contributed by atoms with Crippen LogP contribution in [0.3, 0.4) is 0 Å². The number of aromatic nitrogens is 2. The second-order valence-corrected chi connectivity index (χ2v) is 5.43. The predicted molar refractivity (Wildman–Crippen MR) is 84.2 cm³/mol. The largest absolute Gasteiger partial charge is 0.467 e. The number of furan rings is 1. The fraction of sp³-hybridized carbons (Fsp3) is 0.400. The number of anilines is 1. The van der Waals surface area contributed by atoms with E-state index in [4.69, 9.17) is 4.42 Å². The summed E-state index contributed by atoms with van der Waals surface area (Å²) in [5, 5.41) is 5.68. The van der Waals surface area contributed by atoms with Crippen LogP contribution in [0.2, 0.25) is 0 Å². The molecule has 0 unspecified atom stereocenters. The first kappa shape index (κ1) is 15.1. The molecule has 0 aromatic carbocycles. The lowest BCUT2D eigenvalue weighted by molar-refractivity contribution is 0.233. The zero-order chi connectivity index (χ0) is 16.1. The van der Waals surface area contributed by atoms with Crippen LogP contribution in [0.25, 0.3) is 0 Å². The van der Waals surface area contributed by atoms with E-state index in [-0.39, 0.29) is 17.6 Å². The summed E-state index contributed by atoms with van der Waals surface area (Å²) in [5.74, 6) is 1.10. The van der Waals surface area contributed by atoms with E-state index >= 15 is 0 Å². The van der Waals surface area contributed by atoms with Gasteiger partial charge < -0.3 is 24.9 Å². The molecule has 3 rings (SSSR count). The minimum absolute atomic E-state index is 0.0262. The van der Waals surface area contributed by atoms with Crippen LogP contribution in [0.1, 0.15) is 18.6 Å². The topological polar surface area (TPSA) is 103 Å². The number of rotatable bonds is 4. The molecule has 0 spiro atoms. The van der Waals surface area contributed by atoms with Gasteiger partial charge in [-0.05, 0) is 25.0 Å². The van der Waals surface area contributed by atoms with Gasteiger partial charge in [-0.25, -0.2) is 9.78 Å². The molecule has 23 heavy (non-hydrogen) atoms. The second kappa shape index (κ2) is 6.99. The first-order chi connectivity index (χ1) is 11.2. The predicted octanol–water partition coefficient (Wildman–Crippen LogP) is 0.831. The van der Waals surface area contributed by atoms with Crippen LogP contribution in [0.4, 0.5) is 10.6 Å². The second-order valence-electron chi connectivity index (χ2n) is 5.43. The molecular weight excluding hydrogens is 298 g/mol. The Morgan fingerprint density at radius 3 is 3.22 bits per heavy atom. The molecule has 1 aliphatic heterocycles. The average Bonchev–Trinajstić information content (AvgIpc) is 3.07. The van der Waals surface area contributed by atoms with Crippen molar-refractivity contribution in [3.05, 3.63) is 46.9 Å². The van der Waals surface area contributed by atoms with E-state index < -0.39 is 0 Å². The Bertz CT molecular complexity index is 697. The molecule has 2 amide bonds. The maximum absolute atomic E-state index is 12.0. The third-order valence-corrected chi connectivity index (χ3v) is 3.75. The first-order valence-corrected chi connectivity index (χ1v) is 7.58. The normalized spacial score (nSPS) is 17.7. The fourth-order valence-electron chi connectivity index (χ4n) is 2.67. The molecule has 122 valence electrons. The summed E-state index contributed by atoms with van der Waals surface area (Å²) < 4.78 is 5.16. The summed E-state index contributed by atoms with van der Waals surface area (Å²) in [4.78, 5) is 32.4. The molecule has 1 fully saturated rings. The van der Waals surface area contributed by atoms with Crippen LogP contribution >= 0.6 is 0 Å². The molecule has 3 N–H and O–H groups in total. The number of hydrogen-bond acceptors (Lipinski definition) is 5. The molecule has 2 aromatic rings. The van der Waals surface area contributed by atoms with Crippen molar-refractivity contribution >= 4 is 11.8 Å². The van der Waals surface area contributed by atoms with Crippen molar-refractivity contribution in [2.24, 2.45) is 0 Å². The summed E-state index contributed by atoms with van der Waals surface area (Å²) in [5.41, 5.74) is -0.213. The highest BCUT2D eigenvalue weighted by atomic mass is 16.3. The van der Waals surface area contributed by atoms with Crippen molar-refractivity contribution in [1.82, 2.24) is 20.6 Å². The van der Waals surface area contributed by atoms with Gasteiger partial charge in [0, 0.05) is 31.5 Å². The number of H-pyrrole nitrogens is 1. The third-order valence-electron chi connectivity index (χ3n) is 3.75. The number of nitrogens with zero attached hydrogens (tertiary/aromatic N) is 2. The summed E-state index contributed by atoms with van der Waals surface area (Å²) in [6.45, 7) is 1.66. The molecule has 2 aromatic heterocycles. The fourth-order valence-corrected chi connectivity index (χ4v) is 2.67. The quantitative estimate of drug-likeness (QED) is 0.775. The number of aromatic amines is 1. The Morgan fingerprint density at radius 1 is 1.52 bits per heavy atom. The summed E-state index contributed by atoms with van der Waals surface area (Å²) in [7, 11) is 0. The van der Waals surface area contributed by atoms with E-state index in [9.17, 15) is 9.59 Å². The lowest BCUT2D eigenvalue weighted by atomic mass is 10.1. The Kier molecular flexibility index (Phi) is 4.60. The number of hydrogen-bond donors (Lipinski definition) is 3. The first-order valence-electron chi connectivity index (χ1n) is 7.58. The van der Waals surface area contributed by atoms with Gasteiger partial charge in [0.1, 0.15) is 5.76 Å². The van der Waals surface area contributed by atoms with E-state index in [2.05, 4.69) is 20.6 Å². The highest BCUT2D eigenvalue weighted by Gasteiger charge is 2.23. The molecule has 8 nitrogen and oxygen atoms in total. The molecular formula is C15H19N5O3. The monoisotopic (exact) mass is 317 g/mol. The third kappa shape index (κ3) is 3.91.